The number of nitrogens with zero attached hydrogens (tertiary/aromatic N) is 3. The van der Waals surface area contributed by atoms with Gasteiger partial charge in [0.1, 0.15) is 11.5 Å². The van der Waals surface area contributed by atoms with Crippen molar-refractivity contribution in [3.8, 4) is 11.5 Å². The molecule has 0 amide bonds. The average molecular weight is 416 g/mol. The molecular formula is C20H22BrN3O2. The maximum Gasteiger partial charge on any atom is 0.152 e. The molecule has 0 aliphatic rings. The number of pyridine rings is 1. The number of benzene rings is 1. The van der Waals surface area contributed by atoms with Crippen LogP contribution in [0, 0.1) is 6.92 Å². The molecule has 2 aromatic heterocycles. The molecule has 0 unspecified atom stereocenters. The maximum atomic E-state index is 12.8. The molecule has 136 valence electrons. The number of aromatic nitrogens is 1. The molecule has 0 fully saturated rings. The van der Waals surface area contributed by atoms with Gasteiger partial charge in [-0.25, -0.2) is 4.98 Å². The molecule has 0 saturated heterocycles. The van der Waals surface area contributed by atoms with Crippen LogP contribution >= 0.6 is 15.9 Å². The Labute approximate surface area is 161 Å². The highest BCUT2D eigenvalue weighted by atomic mass is 79.9. The monoisotopic (exact) mass is 415 g/mol. The molecule has 0 N–H and O–H groups in total. The van der Waals surface area contributed by atoms with Crippen LogP contribution in [0.2, 0.25) is 0 Å². The van der Waals surface area contributed by atoms with Crippen molar-refractivity contribution in [2.75, 3.05) is 34.2 Å². The zero-order chi connectivity index (χ0) is 18.9. The molecule has 0 aliphatic heterocycles. The van der Waals surface area contributed by atoms with Crippen LogP contribution in [0.25, 0.3) is 22.4 Å². The summed E-state index contributed by atoms with van der Waals surface area (Å²) < 4.78 is 7.34. The van der Waals surface area contributed by atoms with E-state index in [0.717, 1.165) is 32.2 Å². The molecule has 0 saturated carbocycles. The van der Waals surface area contributed by atoms with Crippen molar-refractivity contribution >= 4 is 32.7 Å². The number of furan rings is 1. The molecule has 3 aromatic rings. The molecule has 0 spiro atoms. The predicted octanol–water partition coefficient (Wildman–Crippen LogP) is 3.38. The molecule has 26 heavy (non-hydrogen) atoms. The van der Waals surface area contributed by atoms with Gasteiger partial charge in [0.25, 0.3) is 0 Å². The SMILES string of the molecule is Cc1ccc(-c2cc(C([O-])=NCC[N+](C)(C)C)c3cc(Br)ccc3n2)o1. The van der Waals surface area contributed by atoms with E-state index in [1.165, 1.54) is 0 Å². The van der Waals surface area contributed by atoms with Crippen LogP contribution in [-0.4, -0.2) is 49.6 Å². The van der Waals surface area contributed by atoms with E-state index in [0.29, 0.717) is 23.6 Å². The first-order valence-corrected chi connectivity index (χ1v) is 9.22. The Morgan fingerprint density at radius 1 is 1.19 bits per heavy atom. The average Bonchev–Trinajstić information content (AvgIpc) is 2.99. The third-order valence-corrected chi connectivity index (χ3v) is 4.51. The topological polar surface area (TPSA) is 61.5 Å². The molecule has 5 nitrogen and oxygen atoms in total. The summed E-state index contributed by atoms with van der Waals surface area (Å²) in [6, 6.07) is 11.2. The number of halogens is 1. The molecule has 0 aliphatic carbocycles. The smallest absolute Gasteiger partial charge is 0.152 e. The standard InChI is InChI=1S/C20H22BrN3O2/c1-13-5-8-19(26-13)18-12-16(20(25)22-9-10-24(2,3)4)15-11-14(21)6-7-17(15)23-18/h5-8,11-12H,9-10H2,1-4H3. The number of fused-ring (bicyclic) bond motifs is 1. The lowest BCUT2D eigenvalue weighted by atomic mass is 10.1. The first-order chi connectivity index (χ1) is 12.2. The number of hydrogen-bond donors (Lipinski definition) is 0. The Bertz CT molecular complexity index is 971. The lowest BCUT2D eigenvalue weighted by molar-refractivity contribution is -0.868. The highest BCUT2D eigenvalue weighted by molar-refractivity contribution is 9.10. The Balaban J connectivity index is 2.09. The fourth-order valence-corrected chi connectivity index (χ4v) is 2.97. The van der Waals surface area contributed by atoms with Crippen molar-refractivity contribution in [3.05, 3.63) is 52.2 Å². The van der Waals surface area contributed by atoms with Crippen LogP contribution in [-0.2, 0) is 0 Å². The van der Waals surface area contributed by atoms with Gasteiger partial charge in [-0.2, -0.15) is 0 Å². The van der Waals surface area contributed by atoms with Crippen molar-refractivity contribution in [2.45, 2.75) is 6.92 Å². The summed E-state index contributed by atoms with van der Waals surface area (Å²) in [6.45, 7) is 3.16. The van der Waals surface area contributed by atoms with Gasteiger partial charge in [0.05, 0.1) is 39.7 Å². The zero-order valence-corrected chi connectivity index (χ0v) is 17.0. The quantitative estimate of drug-likeness (QED) is 0.364. The fourth-order valence-electron chi connectivity index (χ4n) is 2.61. The normalized spacial score (nSPS) is 12.7. The third-order valence-electron chi connectivity index (χ3n) is 4.02. The van der Waals surface area contributed by atoms with E-state index in [4.69, 9.17) is 4.42 Å². The number of aryl methyl sites for hydroxylation is 1. The van der Waals surface area contributed by atoms with E-state index >= 15 is 0 Å². The summed E-state index contributed by atoms with van der Waals surface area (Å²) in [5, 5.41) is 13.6. The number of quaternary nitrogens is 1. The van der Waals surface area contributed by atoms with E-state index in [-0.39, 0.29) is 5.90 Å². The van der Waals surface area contributed by atoms with Gasteiger partial charge >= 0.3 is 0 Å². The largest absolute Gasteiger partial charge is 0.858 e. The third kappa shape index (κ3) is 4.31. The van der Waals surface area contributed by atoms with Crippen molar-refractivity contribution < 1.29 is 14.0 Å². The van der Waals surface area contributed by atoms with Gasteiger partial charge < -0.3 is 14.0 Å². The number of likely N-dealkylation sites (N-methyl/N-ethyl adjacent to an activating group) is 1. The minimum atomic E-state index is -0.228. The molecule has 0 radical (unpaired) electrons. The van der Waals surface area contributed by atoms with Crippen LogP contribution in [0.15, 0.2) is 50.3 Å². The van der Waals surface area contributed by atoms with E-state index in [1.807, 2.05) is 37.3 Å². The number of aliphatic imine (C=N–C) groups is 1. The lowest BCUT2D eigenvalue weighted by Crippen LogP contribution is -2.37. The van der Waals surface area contributed by atoms with Crippen LogP contribution < -0.4 is 5.11 Å². The molecule has 1 aromatic carbocycles. The Kier molecular flexibility index (Phi) is 5.16. The fraction of sp³-hybridized carbons (Fsp3) is 0.300. The van der Waals surface area contributed by atoms with E-state index in [2.05, 4.69) is 47.0 Å². The second-order valence-corrected chi connectivity index (χ2v) is 8.24. The van der Waals surface area contributed by atoms with Gasteiger partial charge in [0, 0.05) is 9.86 Å². The molecule has 0 atom stereocenters. The van der Waals surface area contributed by atoms with Crippen molar-refractivity contribution in [2.24, 2.45) is 4.99 Å². The van der Waals surface area contributed by atoms with E-state index < -0.39 is 0 Å². The summed E-state index contributed by atoms with van der Waals surface area (Å²) in [6.07, 6.45) is 0. The minimum Gasteiger partial charge on any atom is -0.858 e. The summed E-state index contributed by atoms with van der Waals surface area (Å²) in [7, 11) is 6.24. The van der Waals surface area contributed by atoms with Crippen molar-refractivity contribution in [1.29, 1.82) is 0 Å². The van der Waals surface area contributed by atoms with Crippen molar-refractivity contribution in [1.82, 2.24) is 4.98 Å². The van der Waals surface area contributed by atoms with Gasteiger partial charge in [-0.1, -0.05) is 15.9 Å². The van der Waals surface area contributed by atoms with E-state index in [1.54, 1.807) is 6.07 Å². The van der Waals surface area contributed by atoms with Gasteiger partial charge in [-0.3, -0.25) is 4.99 Å². The molecule has 6 heteroatoms. The summed E-state index contributed by atoms with van der Waals surface area (Å²) in [5.74, 6) is 1.22. The molecule has 0 bridgehead atoms. The van der Waals surface area contributed by atoms with Gasteiger partial charge in [-0.05, 0) is 54.8 Å². The van der Waals surface area contributed by atoms with Crippen LogP contribution in [0.5, 0.6) is 0 Å². The first-order valence-electron chi connectivity index (χ1n) is 8.42. The Morgan fingerprint density at radius 2 is 1.96 bits per heavy atom. The zero-order valence-electron chi connectivity index (χ0n) is 15.4. The van der Waals surface area contributed by atoms with Gasteiger partial charge in [0.15, 0.2) is 5.76 Å². The van der Waals surface area contributed by atoms with Gasteiger partial charge in [0.2, 0.25) is 0 Å². The predicted molar refractivity (Wildman–Crippen MR) is 106 cm³/mol. The lowest BCUT2D eigenvalue weighted by Gasteiger charge is -2.23. The molecule has 2 heterocycles. The van der Waals surface area contributed by atoms with Crippen molar-refractivity contribution in [3.63, 3.8) is 0 Å². The number of hydrogen-bond acceptors (Lipinski definition) is 4. The second-order valence-electron chi connectivity index (χ2n) is 7.33. The Morgan fingerprint density at radius 3 is 2.62 bits per heavy atom. The summed E-state index contributed by atoms with van der Waals surface area (Å²) >= 11 is 3.47. The second kappa shape index (κ2) is 7.21. The van der Waals surface area contributed by atoms with Crippen LogP contribution in [0.1, 0.15) is 11.3 Å². The highest BCUT2D eigenvalue weighted by Crippen LogP contribution is 2.28. The number of rotatable bonds is 5. The maximum absolute atomic E-state index is 12.8. The summed E-state index contributed by atoms with van der Waals surface area (Å²) in [4.78, 5) is 8.92. The molecular weight excluding hydrogens is 394 g/mol. The van der Waals surface area contributed by atoms with Crippen LogP contribution in [0.4, 0.5) is 0 Å². The first kappa shape index (κ1) is 18.6. The minimum absolute atomic E-state index is 0.228. The summed E-state index contributed by atoms with van der Waals surface area (Å²) in [5.41, 5.74) is 1.92. The highest BCUT2D eigenvalue weighted by Gasteiger charge is 2.12. The molecule has 3 rings (SSSR count). The van der Waals surface area contributed by atoms with Crippen LogP contribution in [0.3, 0.4) is 0 Å². The Hall–Kier alpha value is -2.18. The van der Waals surface area contributed by atoms with E-state index in [9.17, 15) is 5.11 Å². The van der Waals surface area contributed by atoms with Gasteiger partial charge in [-0.15, -0.1) is 0 Å².